The Morgan fingerprint density at radius 2 is 1.50 bits per heavy atom. The molecule has 1 aromatic rings. The van der Waals surface area contributed by atoms with Gasteiger partial charge in [-0.1, -0.05) is 24.3 Å². The maximum absolute atomic E-state index is 3.52. The molecule has 1 aliphatic rings. The third kappa shape index (κ3) is 4.77. The van der Waals surface area contributed by atoms with E-state index in [-0.39, 0.29) is 0 Å². The van der Waals surface area contributed by atoms with Crippen LogP contribution in [0.4, 0.5) is 0 Å². The molecule has 1 aliphatic heterocycles. The number of hydrogen-bond donors (Lipinski definition) is 2. The zero-order chi connectivity index (χ0) is 12.6. The minimum Gasteiger partial charge on any atom is -0.313 e. The maximum Gasteiger partial charge on any atom is 0.0205 e. The highest BCUT2D eigenvalue weighted by Gasteiger charge is 2.01. The second-order valence-corrected chi connectivity index (χ2v) is 5.18. The molecule has 0 fully saturated rings. The van der Waals surface area contributed by atoms with Crippen molar-refractivity contribution < 1.29 is 0 Å². The molecule has 0 aromatic heterocycles. The lowest BCUT2D eigenvalue weighted by molar-refractivity contribution is 0.319. The van der Waals surface area contributed by atoms with E-state index in [9.17, 15) is 0 Å². The molecule has 0 saturated heterocycles. The summed E-state index contributed by atoms with van der Waals surface area (Å²) in [5.74, 6) is 0. The van der Waals surface area contributed by atoms with Gasteiger partial charge in [0, 0.05) is 13.1 Å². The number of nitrogens with one attached hydrogen (secondary N) is 2. The molecule has 18 heavy (non-hydrogen) atoms. The molecule has 1 aromatic carbocycles. The van der Waals surface area contributed by atoms with Crippen LogP contribution in [0.5, 0.6) is 0 Å². The Labute approximate surface area is 111 Å². The summed E-state index contributed by atoms with van der Waals surface area (Å²) in [5, 5.41) is 7.04. The lowest BCUT2D eigenvalue weighted by Gasteiger charge is -2.17. The molecule has 1 heterocycles. The number of hydrogen-bond acceptors (Lipinski definition) is 3. The van der Waals surface area contributed by atoms with Crippen molar-refractivity contribution in [3.8, 4) is 0 Å². The van der Waals surface area contributed by atoms with Crippen LogP contribution < -0.4 is 10.6 Å². The minimum atomic E-state index is 0.984. The molecule has 2 N–H and O–H groups in total. The van der Waals surface area contributed by atoms with Gasteiger partial charge in [0.25, 0.3) is 0 Å². The van der Waals surface area contributed by atoms with Gasteiger partial charge in [0.2, 0.25) is 0 Å². The van der Waals surface area contributed by atoms with Gasteiger partial charge in [0.15, 0.2) is 0 Å². The average Bonchev–Trinajstić information content (AvgIpc) is 2.38. The quantitative estimate of drug-likeness (QED) is 0.729. The Morgan fingerprint density at radius 3 is 2.06 bits per heavy atom. The summed E-state index contributed by atoms with van der Waals surface area (Å²) < 4.78 is 0. The van der Waals surface area contributed by atoms with Crippen LogP contribution >= 0.6 is 0 Å². The molecule has 0 radical (unpaired) electrons. The molecule has 0 saturated carbocycles. The van der Waals surface area contributed by atoms with Gasteiger partial charge in [-0.15, -0.1) is 0 Å². The summed E-state index contributed by atoms with van der Waals surface area (Å²) in [4.78, 5) is 2.42. The zero-order valence-corrected chi connectivity index (χ0v) is 11.4. The molecule has 3 heteroatoms. The summed E-state index contributed by atoms with van der Waals surface area (Å²) >= 11 is 0. The standard InChI is InChI=1S/C15H25N3/c1-18-9-3-7-16-12-14-5-2-6-15(11-14)13-17-8-4-10-18/h2,5-6,11,16-17H,3-4,7-10,12-13H2,1H3. The van der Waals surface area contributed by atoms with E-state index in [1.54, 1.807) is 0 Å². The summed E-state index contributed by atoms with van der Waals surface area (Å²) in [6, 6.07) is 8.87. The van der Waals surface area contributed by atoms with Crippen molar-refractivity contribution in [1.82, 2.24) is 15.5 Å². The van der Waals surface area contributed by atoms with Gasteiger partial charge in [-0.25, -0.2) is 0 Å². The predicted octanol–water partition coefficient (Wildman–Crippen LogP) is 1.59. The van der Waals surface area contributed by atoms with Crippen LogP contribution in [0, 0.1) is 0 Å². The molecule has 100 valence electrons. The fourth-order valence-electron chi connectivity index (χ4n) is 2.37. The minimum absolute atomic E-state index is 0.984. The SMILES string of the molecule is CN1CCCNCc2cccc(c2)CNCCC1. The van der Waals surface area contributed by atoms with Crippen molar-refractivity contribution in [2.45, 2.75) is 25.9 Å². The summed E-state index contributed by atoms with van der Waals surface area (Å²) in [5.41, 5.74) is 2.78. The molecule has 0 atom stereocenters. The number of rotatable bonds is 0. The highest BCUT2D eigenvalue weighted by atomic mass is 15.1. The highest BCUT2D eigenvalue weighted by Crippen LogP contribution is 2.05. The number of benzene rings is 1. The number of nitrogens with zero attached hydrogens (tertiary/aromatic N) is 1. The monoisotopic (exact) mass is 247 g/mol. The van der Waals surface area contributed by atoms with E-state index >= 15 is 0 Å². The van der Waals surface area contributed by atoms with Crippen LogP contribution in [0.25, 0.3) is 0 Å². The van der Waals surface area contributed by atoms with Gasteiger partial charge in [0.1, 0.15) is 0 Å². The third-order valence-corrected chi connectivity index (χ3v) is 3.44. The summed E-state index contributed by atoms with van der Waals surface area (Å²) in [6.07, 6.45) is 2.45. The van der Waals surface area contributed by atoms with Gasteiger partial charge in [-0.3, -0.25) is 0 Å². The predicted molar refractivity (Wildman–Crippen MR) is 76.6 cm³/mol. The maximum atomic E-state index is 3.52. The molecule has 2 bridgehead atoms. The fraction of sp³-hybridized carbons (Fsp3) is 0.600. The molecule has 0 spiro atoms. The smallest absolute Gasteiger partial charge is 0.0205 e. The molecule has 0 aliphatic carbocycles. The summed E-state index contributed by atoms with van der Waals surface area (Å²) in [6.45, 7) is 6.55. The zero-order valence-electron chi connectivity index (χ0n) is 11.4. The van der Waals surface area contributed by atoms with Crippen molar-refractivity contribution in [3.05, 3.63) is 35.4 Å². The van der Waals surface area contributed by atoms with Crippen molar-refractivity contribution >= 4 is 0 Å². The van der Waals surface area contributed by atoms with E-state index in [2.05, 4.69) is 46.8 Å². The van der Waals surface area contributed by atoms with Crippen molar-refractivity contribution in [2.75, 3.05) is 33.2 Å². The van der Waals surface area contributed by atoms with Crippen LogP contribution in [0.15, 0.2) is 24.3 Å². The molecule has 3 nitrogen and oxygen atoms in total. The van der Waals surface area contributed by atoms with Gasteiger partial charge in [0.05, 0.1) is 0 Å². The van der Waals surface area contributed by atoms with Crippen LogP contribution in [0.2, 0.25) is 0 Å². The average molecular weight is 247 g/mol. The van der Waals surface area contributed by atoms with E-state index in [0.717, 1.165) is 26.2 Å². The van der Waals surface area contributed by atoms with E-state index < -0.39 is 0 Å². The highest BCUT2D eigenvalue weighted by molar-refractivity contribution is 5.23. The molecular formula is C15H25N3. The van der Waals surface area contributed by atoms with Gasteiger partial charge in [-0.2, -0.15) is 0 Å². The fourth-order valence-corrected chi connectivity index (χ4v) is 2.37. The second-order valence-electron chi connectivity index (χ2n) is 5.18. The van der Waals surface area contributed by atoms with E-state index in [1.165, 1.54) is 37.1 Å². The first-order valence-corrected chi connectivity index (χ1v) is 7.02. The second kappa shape index (κ2) is 7.52. The van der Waals surface area contributed by atoms with Crippen LogP contribution in [0.1, 0.15) is 24.0 Å². The topological polar surface area (TPSA) is 27.3 Å². The number of fused-ring (bicyclic) bond motifs is 2. The Bertz CT molecular complexity index is 322. The summed E-state index contributed by atoms with van der Waals surface area (Å²) in [7, 11) is 2.22. The lowest BCUT2D eigenvalue weighted by Crippen LogP contribution is -2.27. The van der Waals surface area contributed by atoms with E-state index in [4.69, 9.17) is 0 Å². The van der Waals surface area contributed by atoms with Crippen molar-refractivity contribution in [1.29, 1.82) is 0 Å². The molecule has 0 amide bonds. The molecule has 2 rings (SSSR count). The first kappa shape index (κ1) is 13.5. The Balaban J connectivity index is 1.92. The third-order valence-electron chi connectivity index (χ3n) is 3.44. The molecular weight excluding hydrogens is 222 g/mol. The van der Waals surface area contributed by atoms with E-state index in [0.29, 0.717) is 0 Å². The Hall–Kier alpha value is -0.900. The molecule has 0 unspecified atom stereocenters. The Morgan fingerprint density at radius 1 is 0.944 bits per heavy atom. The van der Waals surface area contributed by atoms with Crippen molar-refractivity contribution in [3.63, 3.8) is 0 Å². The van der Waals surface area contributed by atoms with Gasteiger partial charge < -0.3 is 15.5 Å². The van der Waals surface area contributed by atoms with E-state index in [1.807, 2.05) is 0 Å². The lowest BCUT2D eigenvalue weighted by atomic mass is 10.1. The van der Waals surface area contributed by atoms with Gasteiger partial charge in [-0.05, 0) is 57.2 Å². The van der Waals surface area contributed by atoms with Gasteiger partial charge >= 0.3 is 0 Å². The largest absolute Gasteiger partial charge is 0.313 e. The normalized spacial score (nSPS) is 20.3. The van der Waals surface area contributed by atoms with Crippen molar-refractivity contribution in [2.24, 2.45) is 0 Å². The van der Waals surface area contributed by atoms with Crippen LogP contribution in [-0.4, -0.2) is 38.1 Å². The Kier molecular flexibility index (Phi) is 5.65. The first-order chi connectivity index (χ1) is 8.84. The van der Waals surface area contributed by atoms with Crippen LogP contribution in [0.3, 0.4) is 0 Å². The van der Waals surface area contributed by atoms with Crippen LogP contribution in [-0.2, 0) is 13.1 Å². The first-order valence-electron chi connectivity index (χ1n) is 7.02.